The van der Waals surface area contributed by atoms with Crippen LogP contribution in [0.5, 0.6) is 40.2 Å². The van der Waals surface area contributed by atoms with Crippen LogP contribution in [0, 0.1) is 0 Å². The van der Waals surface area contributed by atoms with Crippen LogP contribution < -0.4 is 23.7 Å². The topological polar surface area (TPSA) is 262 Å². The lowest BCUT2D eigenvalue weighted by molar-refractivity contribution is -0.318. The van der Waals surface area contributed by atoms with Crippen LogP contribution in [-0.4, -0.2) is 143 Å². The van der Waals surface area contributed by atoms with Crippen molar-refractivity contribution >= 4 is 12.0 Å². The molecular formula is C38H44O18. The third kappa shape index (κ3) is 8.15. The van der Waals surface area contributed by atoms with Crippen LogP contribution in [0.2, 0.25) is 0 Å². The number of carbonyl (C=O) groups excluding carboxylic acids is 1. The molecule has 18 heteroatoms. The number of aliphatic hydroxyl groups excluding tert-OH is 5. The fourth-order valence-electron chi connectivity index (χ4n) is 6.65. The van der Waals surface area contributed by atoms with Gasteiger partial charge in [-0.25, -0.2) is 4.79 Å². The standard InChI is InChI=1S/C38H44O18/c1-48-25-12-19(5-7-23(25)41)32-22(14-39)21-10-18(11-27(50-3)33(21)55-32)4-9-29(43)51-16-38(47)17-52-37(35(38)46)56-34-31(45)30(44)28(15-40)54-36(34)53-20-6-8-24(42)26(13-20)49-2/h4-13,22,28,30-32,34-37,39-42,44-47H,14-17H2,1-3H3. The van der Waals surface area contributed by atoms with E-state index in [1.807, 2.05) is 0 Å². The van der Waals surface area contributed by atoms with Crippen LogP contribution in [0.3, 0.4) is 0 Å². The molecule has 18 nitrogen and oxygen atoms in total. The third-order valence-electron chi connectivity index (χ3n) is 9.77. The van der Waals surface area contributed by atoms with E-state index >= 15 is 0 Å². The smallest absolute Gasteiger partial charge is 0.330 e. The van der Waals surface area contributed by atoms with Gasteiger partial charge in [-0.05, 0) is 53.6 Å². The van der Waals surface area contributed by atoms with Crippen molar-refractivity contribution in [3.8, 4) is 40.2 Å². The van der Waals surface area contributed by atoms with Crippen LogP contribution in [0.4, 0.5) is 0 Å². The fourth-order valence-corrected chi connectivity index (χ4v) is 6.65. The fraction of sp³-hybridized carbons (Fsp3) is 0.447. The molecule has 3 aliphatic rings. The van der Waals surface area contributed by atoms with Crippen LogP contribution in [0.15, 0.2) is 54.6 Å². The van der Waals surface area contributed by atoms with Crippen LogP contribution in [0.25, 0.3) is 6.08 Å². The first kappa shape index (κ1) is 40.8. The van der Waals surface area contributed by atoms with Gasteiger partial charge in [0.2, 0.25) is 6.29 Å². The summed E-state index contributed by atoms with van der Waals surface area (Å²) in [5, 5.41) is 83.7. The number of benzene rings is 3. The molecule has 2 saturated heterocycles. The third-order valence-corrected chi connectivity index (χ3v) is 9.77. The molecule has 0 aromatic heterocycles. The molecule has 10 unspecified atom stereocenters. The van der Waals surface area contributed by atoms with Crippen molar-refractivity contribution in [2.75, 3.05) is 47.8 Å². The Labute approximate surface area is 320 Å². The molecule has 3 aliphatic heterocycles. The molecule has 0 amide bonds. The molecule has 3 aromatic carbocycles. The summed E-state index contributed by atoms with van der Waals surface area (Å²) in [4.78, 5) is 12.8. The number of carbonyl (C=O) groups is 1. The zero-order valence-corrected chi connectivity index (χ0v) is 30.5. The van der Waals surface area contributed by atoms with E-state index in [2.05, 4.69) is 0 Å². The summed E-state index contributed by atoms with van der Waals surface area (Å²) < 4.78 is 50.0. The number of esters is 1. The molecule has 0 aliphatic carbocycles. The summed E-state index contributed by atoms with van der Waals surface area (Å²) in [5.41, 5.74) is -0.440. The Morgan fingerprint density at radius 1 is 0.875 bits per heavy atom. The number of aliphatic hydroxyl groups is 6. The van der Waals surface area contributed by atoms with Crippen LogP contribution >= 0.6 is 0 Å². The Balaban J connectivity index is 1.10. The van der Waals surface area contributed by atoms with Crippen molar-refractivity contribution in [2.45, 2.75) is 60.7 Å². The Morgan fingerprint density at radius 2 is 1.57 bits per heavy atom. The molecule has 304 valence electrons. The highest BCUT2D eigenvalue weighted by atomic mass is 16.8. The predicted molar refractivity (Wildman–Crippen MR) is 189 cm³/mol. The van der Waals surface area contributed by atoms with E-state index in [-0.39, 0.29) is 35.4 Å². The van der Waals surface area contributed by atoms with Gasteiger partial charge in [0.1, 0.15) is 42.9 Å². The number of rotatable bonds is 14. The van der Waals surface area contributed by atoms with Gasteiger partial charge in [0.05, 0.1) is 47.1 Å². The molecule has 0 radical (unpaired) electrons. The van der Waals surface area contributed by atoms with Gasteiger partial charge < -0.3 is 83.5 Å². The number of methoxy groups -OCH3 is 3. The average molecular weight is 789 g/mol. The van der Waals surface area contributed by atoms with E-state index in [9.17, 15) is 45.6 Å². The van der Waals surface area contributed by atoms with Crippen molar-refractivity contribution in [1.82, 2.24) is 0 Å². The summed E-state index contributed by atoms with van der Waals surface area (Å²) in [7, 11) is 4.18. The van der Waals surface area contributed by atoms with E-state index in [1.54, 1.807) is 24.3 Å². The minimum atomic E-state index is -2.17. The minimum absolute atomic E-state index is 0.0535. The van der Waals surface area contributed by atoms with E-state index in [1.165, 1.54) is 51.7 Å². The molecule has 3 aromatic rings. The number of phenolic OH excluding ortho intramolecular Hbond substituents is 2. The van der Waals surface area contributed by atoms with E-state index in [0.717, 1.165) is 6.08 Å². The number of fused-ring (bicyclic) bond motifs is 1. The lowest BCUT2D eigenvalue weighted by atomic mass is 9.90. The first-order chi connectivity index (χ1) is 26.8. The number of hydrogen-bond acceptors (Lipinski definition) is 18. The van der Waals surface area contributed by atoms with Crippen molar-refractivity contribution < 1.29 is 88.3 Å². The normalized spacial score (nSPS) is 29.8. The highest BCUT2D eigenvalue weighted by Crippen LogP contribution is 2.51. The number of phenols is 2. The summed E-state index contributed by atoms with van der Waals surface area (Å²) >= 11 is 0. The van der Waals surface area contributed by atoms with Gasteiger partial charge in [-0.3, -0.25) is 0 Å². The SMILES string of the molecule is COc1cc(OC2OC(CO)C(O)C(O)C2OC2OCC(O)(COC(=O)C=Cc3cc(OC)c4c(c3)C(CO)C(c3ccc(O)c(OC)c3)O4)C2O)ccc1O. The average Bonchev–Trinajstić information content (AvgIpc) is 3.72. The second-order valence-electron chi connectivity index (χ2n) is 13.3. The zero-order chi connectivity index (χ0) is 40.3. The largest absolute Gasteiger partial charge is 0.504 e. The van der Waals surface area contributed by atoms with Crippen molar-refractivity contribution in [3.63, 3.8) is 0 Å². The van der Waals surface area contributed by atoms with Crippen molar-refractivity contribution in [2.24, 2.45) is 0 Å². The minimum Gasteiger partial charge on any atom is -0.504 e. The van der Waals surface area contributed by atoms with Crippen molar-refractivity contribution in [1.29, 1.82) is 0 Å². The quantitative estimate of drug-likeness (QED) is 0.0804. The Bertz CT molecular complexity index is 1890. The van der Waals surface area contributed by atoms with Gasteiger partial charge in [0.25, 0.3) is 0 Å². The first-order valence-corrected chi connectivity index (χ1v) is 17.4. The predicted octanol–water partition coefficient (Wildman–Crippen LogP) is 0.241. The maximum Gasteiger partial charge on any atom is 0.330 e. The number of hydrogen-bond donors (Lipinski definition) is 8. The summed E-state index contributed by atoms with van der Waals surface area (Å²) in [6.07, 6.45) is -9.36. The summed E-state index contributed by atoms with van der Waals surface area (Å²) in [6, 6.07) is 12.0. The summed E-state index contributed by atoms with van der Waals surface area (Å²) in [5.74, 6) is -0.579. The molecule has 0 spiro atoms. The monoisotopic (exact) mass is 788 g/mol. The highest BCUT2D eigenvalue weighted by Gasteiger charge is 2.54. The van der Waals surface area contributed by atoms with Crippen LogP contribution in [-0.2, 0) is 23.7 Å². The maximum atomic E-state index is 12.8. The second-order valence-corrected chi connectivity index (χ2v) is 13.3. The molecule has 6 rings (SSSR count). The van der Waals surface area contributed by atoms with Gasteiger partial charge in [-0.2, -0.15) is 0 Å². The van der Waals surface area contributed by atoms with E-state index in [4.69, 9.17) is 42.6 Å². The second kappa shape index (κ2) is 17.1. The number of aromatic hydroxyl groups is 2. The molecule has 8 N–H and O–H groups in total. The molecule has 10 atom stereocenters. The van der Waals surface area contributed by atoms with Crippen LogP contribution in [0.1, 0.15) is 28.7 Å². The highest BCUT2D eigenvalue weighted by molar-refractivity contribution is 5.87. The van der Waals surface area contributed by atoms with Crippen molar-refractivity contribution in [3.05, 3.63) is 71.3 Å². The Hall–Kier alpha value is -4.89. The number of ether oxygens (including phenoxy) is 9. The summed E-state index contributed by atoms with van der Waals surface area (Å²) in [6.45, 7) is -2.30. The molecule has 0 saturated carbocycles. The van der Waals surface area contributed by atoms with Gasteiger partial charge >= 0.3 is 5.97 Å². The Morgan fingerprint density at radius 3 is 2.25 bits per heavy atom. The molecule has 56 heavy (non-hydrogen) atoms. The van der Waals surface area contributed by atoms with Gasteiger partial charge in [-0.15, -0.1) is 0 Å². The lowest BCUT2D eigenvalue weighted by Gasteiger charge is -2.42. The molecule has 3 heterocycles. The van der Waals surface area contributed by atoms with E-state index in [0.29, 0.717) is 28.2 Å². The zero-order valence-electron chi connectivity index (χ0n) is 30.5. The van der Waals surface area contributed by atoms with Gasteiger partial charge in [0.15, 0.2) is 52.5 Å². The molecule has 0 bridgehead atoms. The molecular weight excluding hydrogens is 744 g/mol. The van der Waals surface area contributed by atoms with Gasteiger partial charge in [-0.1, -0.05) is 6.07 Å². The molecule has 2 fully saturated rings. The van der Waals surface area contributed by atoms with E-state index < -0.39 is 86.5 Å². The maximum absolute atomic E-state index is 12.8. The van der Waals surface area contributed by atoms with Gasteiger partial charge in [0, 0.05) is 17.7 Å². The lowest BCUT2D eigenvalue weighted by Crippen LogP contribution is -2.62. The Kier molecular flexibility index (Phi) is 12.4. The first-order valence-electron chi connectivity index (χ1n) is 17.4.